The molecule has 0 unspecified atom stereocenters. The van der Waals surface area contributed by atoms with E-state index in [0.717, 1.165) is 34.2 Å². The highest BCUT2D eigenvalue weighted by atomic mass is 32.1. The first kappa shape index (κ1) is 16.8. The summed E-state index contributed by atoms with van der Waals surface area (Å²) in [6.45, 7) is 7.13. The fraction of sp³-hybridized carbons (Fsp3) is 0.389. The third-order valence-corrected chi connectivity index (χ3v) is 5.44. The van der Waals surface area contributed by atoms with Crippen LogP contribution in [0.15, 0.2) is 28.8 Å². The van der Waals surface area contributed by atoms with Crippen LogP contribution < -0.4 is 9.64 Å². The number of amides is 1. The van der Waals surface area contributed by atoms with Crippen LogP contribution in [0, 0.1) is 6.92 Å². The molecule has 1 aliphatic rings. The van der Waals surface area contributed by atoms with E-state index in [-0.39, 0.29) is 5.91 Å². The van der Waals surface area contributed by atoms with Crippen LogP contribution in [-0.4, -0.2) is 53.7 Å². The van der Waals surface area contributed by atoms with E-state index in [1.54, 1.807) is 24.3 Å². The molecule has 1 fully saturated rings. The third kappa shape index (κ3) is 3.12. The lowest BCUT2D eigenvalue weighted by atomic mass is 10.3. The minimum absolute atomic E-state index is 0.0792. The fourth-order valence-electron chi connectivity index (χ4n) is 3.05. The van der Waals surface area contributed by atoms with Crippen LogP contribution in [0.1, 0.15) is 23.2 Å². The van der Waals surface area contributed by atoms with Gasteiger partial charge in [-0.25, -0.2) is 4.98 Å². The molecular weight excluding hydrogens is 352 g/mol. The number of ether oxygens (including phenoxy) is 1. The Morgan fingerprint density at radius 1 is 1.31 bits per heavy atom. The fourth-order valence-corrected chi connectivity index (χ4v) is 4.08. The summed E-state index contributed by atoms with van der Waals surface area (Å²) in [4.78, 5) is 21.3. The van der Waals surface area contributed by atoms with Crippen molar-refractivity contribution in [1.29, 1.82) is 0 Å². The zero-order valence-corrected chi connectivity index (χ0v) is 15.6. The van der Waals surface area contributed by atoms with Gasteiger partial charge >= 0.3 is 0 Å². The zero-order chi connectivity index (χ0) is 18.1. The van der Waals surface area contributed by atoms with Gasteiger partial charge in [-0.1, -0.05) is 22.6 Å². The molecule has 1 amide bonds. The molecule has 1 saturated heterocycles. The molecule has 7 nitrogen and oxygen atoms in total. The number of carbonyl (C=O) groups excluding carboxylic acids is 1. The molecule has 26 heavy (non-hydrogen) atoms. The van der Waals surface area contributed by atoms with E-state index in [2.05, 4.69) is 16.1 Å². The smallest absolute Gasteiger partial charge is 0.276 e. The Kier molecular flexibility index (Phi) is 4.50. The quantitative estimate of drug-likeness (QED) is 0.701. The van der Waals surface area contributed by atoms with Gasteiger partial charge < -0.3 is 19.1 Å². The maximum Gasteiger partial charge on any atom is 0.276 e. The van der Waals surface area contributed by atoms with Crippen molar-refractivity contribution in [3.05, 3.63) is 35.7 Å². The second-order valence-corrected chi connectivity index (χ2v) is 7.14. The first-order valence-electron chi connectivity index (χ1n) is 8.65. The standard InChI is InChI=1S/C18H20N4O3S/c1-3-24-14-5-4-6-15-16(14)19-18(26-15)22-9-7-21(8-10-22)17(23)13-11-12(2)25-20-13/h4-6,11H,3,7-10H2,1-2H3. The second kappa shape index (κ2) is 6.95. The number of aromatic nitrogens is 2. The first-order valence-corrected chi connectivity index (χ1v) is 9.47. The van der Waals surface area contributed by atoms with Gasteiger partial charge in [0, 0.05) is 32.2 Å². The number of hydrogen-bond acceptors (Lipinski definition) is 7. The molecule has 0 aliphatic carbocycles. The Morgan fingerprint density at radius 2 is 2.12 bits per heavy atom. The average Bonchev–Trinajstić information content (AvgIpc) is 3.28. The summed E-state index contributed by atoms with van der Waals surface area (Å²) >= 11 is 1.66. The summed E-state index contributed by atoms with van der Waals surface area (Å²) in [6, 6.07) is 7.68. The summed E-state index contributed by atoms with van der Waals surface area (Å²) < 4.78 is 11.8. The van der Waals surface area contributed by atoms with E-state index >= 15 is 0 Å². The SMILES string of the molecule is CCOc1cccc2sc(N3CCN(C(=O)c4cc(C)on4)CC3)nc12. The Bertz CT molecular complexity index is 928. The summed E-state index contributed by atoms with van der Waals surface area (Å²) in [6.07, 6.45) is 0. The molecule has 136 valence electrons. The summed E-state index contributed by atoms with van der Waals surface area (Å²) in [5.41, 5.74) is 1.28. The van der Waals surface area contributed by atoms with Gasteiger partial charge in [-0.3, -0.25) is 4.79 Å². The predicted molar refractivity (Wildman–Crippen MR) is 100 cm³/mol. The van der Waals surface area contributed by atoms with Gasteiger partial charge in [-0.2, -0.15) is 0 Å². The van der Waals surface area contributed by atoms with Gasteiger partial charge in [-0.05, 0) is 26.0 Å². The maximum absolute atomic E-state index is 12.5. The normalized spacial score (nSPS) is 14.8. The highest BCUT2D eigenvalue weighted by Crippen LogP contribution is 2.34. The molecule has 1 aliphatic heterocycles. The van der Waals surface area contributed by atoms with E-state index < -0.39 is 0 Å². The van der Waals surface area contributed by atoms with Gasteiger partial charge in [-0.15, -0.1) is 0 Å². The molecule has 0 radical (unpaired) electrons. The molecule has 0 spiro atoms. The van der Waals surface area contributed by atoms with Crippen molar-refractivity contribution in [1.82, 2.24) is 15.0 Å². The molecule has 8 heteroatoms. The summed E-state index contributed by atoms with van der Waals surface area (Å²) in [5, 5.41) is 4.79. The van der Waals surface area contributed by atoms with Crippen LogP contribution in [0.2, 0.25) is 0 Å². The number of fused-ring (bicyclic) bond motifs is 1. The minimum Gasteiger partial charge on any atom is -0.492 e. The van der Waals surface area contributed by atoms with Gasteiger partial charge in [0.2, 0.25) is 0 Å². The summed E-state index contributed by atoms with van der Waals surface area (Å²) in [7, 11) is 0. The van der Waals surface area contributed by atoms with E-state index in [0.29, 0.717) is 31.2 Å². The summed E-state index contributed by atoms with van der Waals surface area (Å²) in [5.74, 6) is 1.39. The number of benzene rings is 1. The molecule has 4 rings (SSSR count). The number of piperazine rings is 1. The van der Waals surface area contributed by atoms with Crippen LogP contribution >= 0.6 is 11.3 Å². The molecule has 0 atom stereocenters. The molecule has 2 aromatic heterocycles. The number of nitrogens with zero attached hydrogens (tertiary/aromatic N) is 4. The number of rotatable bonds is 4. The first-order chi connectivity index (χ1) is 12.7. The van der Waals surface area contributed by atoms with Crippen molar-refractivity contribution in [2.24, 2.45) is 0 Å². The van der Waals surface area contributed by atoms with Crippen molar-refractivity contribution in [2.75, 3.05) is 37.7 Å². The Morgan fingerprint density at radius 3 is 2.81 bits per heavy atom. The number of anilines is 1. The van der Waals surface area contributed by atoms with Crippen molar-refractivity contribution < 1.29 is 14.1 Å². The van der Waals surface area contributed by atoms with Crippen LogP contribution in [0.3, 0.4) is 0 Å². The molecule has 3 heterocycles. The maximum atomic E-state index is 12.5. The van der Waals surface area contributed by atoms with E-state index in [1.807, 2.05) is 24.0 Å². The molecule has 0 N–H and O–H groups in total. The van der Waals surface area contributed by atoms with Crippen LogP contribution in [0.4, 0.5) is 5.13 Å². The van der Waals surface area contributed by atoms with E-state index in [9.17, 15) is 4.79 Å². The lowest BCUT2D eigenvalue weighted by molar-refractivity contribution is 0.0736. The largest absolute Gasteiger partial charge is 0.492 e. The average molecular weight is 372 g/mol. The Hall–Kier alpha value is -2.61. The molecule has 0 saturated carbocycles. The zero-order valence-electron chi connectivity index (χ0n) is 14.8. The van der Waals surface area contributed by atoms with Crippen molar-refractivity contribution in [3.8, 4) is 5.75 Å². The third-order valence-electron chi connectivity index (χ3n) is 4.36. The monoisotopic (exact) mass is 372 g/mol. The lowest BCUT2D eigenvalue weighted by Gasteiger charge is -2.34. The van der Waals surface area contributed by atoms with Crippen LogP contribution in [0.5, 0.6) is 5.75 Å². The number of para-hydroxylation sites is 1. The van der Waals surface area contributed by atoms with Gasteiger partial charge in [0.15, 0.2) is 10.8 Å². The van der Waals surface area contributed by atoms with Crippen LogP contribution in [0.25, 0.3) is 10.2 Å². The highest BCUT2D eigenvalue weighted by molar-refractivity contribution is 7.22. The molecular formula is C18H20N4O3S. The Balaban J connectivity index is 1.47. The van der Waals surface area contributed by atoms with Crippen molar-refractivity contribution in [2.45, 2.75) is 13.8 Å². The topological polar surface area (TPSA) is 71.7 Å². The van der Waals surface area contributed by atoms with E-state index in [1.165, 1.54) is 0 Å². The predicted octanol–water partition coefficient (Wildman–Crippen LogP) is 2.95. The molecule has 0 bridgehead atoms. The van der Waals surface area contributed by atoms with Gasteiger partial charge in [0.25, 0.3) is 5.91 Å². The Labute approximate surface area is 155 Å². The van der Waals surface area contributed by atoms with Gasteiger partial charge in [0.1, 0.15) is 17.0 Å². The number of aryl methyl sites for hydroxylation is 1. The van der Waals surface area contributed by atoms with Crippen molar-refractivity contribution >= 4 is 32.6 Å². The molecule has 1 aromatic carbocycles. The van der Waals surface area contributed by atoms with Crippen LogP contribution in [-0.2, 0) is 0 Å². The van der Waals surface area contributed by atoms with E-state index in [4.69, 9.17) is 14.2 Å². The number of hydrogen-bond donors (Lipinski definition) is 0. The van der Waals surface area contributed by atoms with Gasteiger partial charge in [0.05, 0.1) is 11.3 Å². The number of thiazole rings is 1. The minimum atomic E-state index is -0.0792. The number of carbonyl (C=O) groups is 1. The second-order valence-electron chi connectivity index (χ2n) is 6.13. The lowest BCUT2D eigenvalue weighted by Crippen LogP contribution is -2.48. The molecule has 3 aromatic rings. The highest BCUT2D eigenvalue weighted by Gasteiger charge is 2.26. The van der Waals surface area contributed by atoms with Crippen molar-refractivity contribution in [3.63, 3.8) is 0 Å².